The molecule has 0 saturated heterocycles. The van der Waals surface area contributed by atoms with Crippen LogP contribution in [0.1, 0.15) is 37.8 Å². The van der Waals surface area contributed by atoms with Gasteiger partial charge in [0.2, 0.25) is 0 Å². The summed E-state index contributed by atoms with van der Waals surface area (Å²) in [7, 11) is 0. The van der Waals surface area contributed by atoms with Crippen molar-refractivity contribution in [3.8, 4) is 0 Å². The minimum Gasteiger partial charge on any atom is -0.337 e. The highest BCUT2D eigenvalue weighted by atomic mass is 32.1. The van der Waals surface area contributed by atoms with E-state index in [4.69, 9.17) is 12.2 Å². The van der Waals surface area contributed by atoms with Crippen LogP contribution in [0.25, 0.3) is 0 Å². The molecule has 3 aliphatic rings. The SMILES string of the molecule is C1CC2=C3C(C1)CCC23.Cc1c[nH]c(=S)[nH]1. The number of rotatable bonds is 0. The maximum Gasteiger partial charge on any atom is 0.174 e. The smallest absolute Gasteiger partial charge is 0.174 e. The molecule has 2 unspecified atom stereocenters. The molecule has 3 heteroatoms. The van der Waals surface area contributed by atoms with Crippen LogP contribution in [0.3, 0.4) is 0 Å². The summed E-state index contributed by atoms with van der Waals surface area (Å²) < 4.78 is 0.692. The van der Waals surface area contributed by atoms with E-state index in [1.54, 1.807) is 0 Å². The number of imidazole rings is 1. The largest absolute Gasteiger partial charge is 0.337 e. The third-order valence-corrected chi connectivity index (χ3v) is 4.28. The van der Waals surface area contributed by atoms with Crippen LogP contribution in [-0.4, -0.2) is 9.97 Å². The third-order valence-electron chi connectivity index (χ3n) is 4.06. The summed E-state index contributed by atoms with van der Waals surface area (Å²) in [6.45, 7) is 1.95. The van der Waals surface area contributed by atoms with E-state index >= 15 is 0 Å². The van der Waals surface area contributed by atoms with E-state index < -0.39 is 0 Å². The quantitative estimate of drug-likeness (QED) is 0.518. The highest BCUT2D eigenvalue weighted by Crippen LogP contribution is 2.60. The van der Waals surface area contributed by atoms with Crippen molar-refractivity contribution < 1.29 is 0 Å². The van der Waals surface area contributed by atoms with E-state index in [1.165, 1.54) is 32.1 Å². The lowest BCUT2D eigenvalue weighted by Gasteiger charge is -2.12. The average Bonchev–Trinajstić information content (AvgIpc) is 2.60. The topological polar surface area (TPSA) is 31.6 Å². The number of H-pyrrole nitrogens is 2. The van der Waals surface area contributed by atoms with Crippen molar-refractivity contribution in [2.75, 3.05) is 0 Å². The van der Waals surface area contributed by atoms with Crippen molar-refractivity contribution in [2.24, 2.45) is 11.8 Å². The van der Waals surface area contributed by atoms with E-state index in [0.717, 1.165) is 17.5 Å². The molecule has 2 nitrogen and oxygen atoms in total. The molecular weight excluding hydrogens is 216 g/mol. The van der Waals surface area contributed by atoms with Gasteiger partial charge in [-0.1, -0.05) is 11.1 Å². The number of hydrogen-bond donors (Lipinski definition) is 2. The fourth-order valence-electron chi connectivity index (χ4n) is 3.32. The van der Waals surface area contributed by atoms with Crippen molar-refractivity contribution in [2.45, 2.75) is 39.0 Å². The van der Waals surface area contributed by atoms with E-state index in [9.17, 15) is 0 Å². The lowest BCUT2D eigenvalue weighted by Crippen LogP contribution is -1.97. The van der Waals surface area contributed by atoms with E-state index in [1.807, 2.05) is 24.3 Å². The van der Waals surface area contributed by atoms with Gasteiger partial charge >= 0.3 is 0 Å². The van der Waals surface area contributed by atoms with Gasteiger partial charge in [0.05, 0.1) is 0 Å². The summed E-state index contributed by atoms with van der Waals surface area (Å²) in [5, 5.41) is 0. The zero-order chi connectivity index (χ0) is 11.1. The van der Waals surface area contributed by atoms with Crippen LogP contribution in [0, 0.1) is 23.5 Å². The van der Waals surface area contributed by atoms with Gasteiger partial charge in [0.1, 0.15) is 0 Å². The summed E-state index contributed by atoms with van der Waals surface area (Å²) in [6, 6.07) is 0. The van der Waals surface area contributed by atoms with Crippen molar-refractivity contribution in [3.63, 3.8) is 0 Å². The van der Waals surface area contributed by atoms with Crippen molar-refractivity contribution in [3.05, 3.63) is 27.8 Å². The minimum absolute atomic E-state index is 0.692. The fraction of sp³-hybridized carbons (Fsp3) is 0.615. The number of nitrogens with one attached hydrogen (secondary N) is 2. The number of aryl methyl sites for hydroxylation is 1. The van der Waals surface area contributed by atoms with E-state index in [-0.39, 0.29) is 0 Å². The van der Waals surface area contributed by atoms with Crippen LogP contribution in [0.2, 0.25) is 0 Å². The van der Waals surface area contributed by atoms with Gasteiger partial charge in [-0.05, 0) is 57.2 Å². The molecule has 2 atom stereocenters. The molecule has 4 rings (SSSR count). The minimum atomic E-state index is 0.692. The number of aromatic amines is 2. The predicted octanol–water partition coefficient (Wildman–Crippen LogP) is 3.89. The number of aromatic nitrogens is 2. The second-order valence-corrected chi connectivity index (χ2v) is 5.53. The number of hydrogen-bond acceptors (Lipinski definition) is 1. The maximum atomic E-state index is 4.72. The number of fused-ring (bicyclic) bond motifs is 1. The molecule has 1 aromatic heterocycles. The Labute approximate surface area is 101 Å². The van der Waals surface area contributed by atoms with Gasteiger partial charge < -0.3 is 9.97 Å². The molecule has 1 aromatic rings. The lowest BCUT2D eigenvalue weighted by atomic mass is 9.93. The van der Waals surface area contributed by atoms with Gasteiger partial charge in [0.15, 0.2) is 4.77 Å². The maximum absolute atomic E-state index is 4.72. The monoisotopic (exact) mass is 234 g/mol. The molecule has 0 amide bonds. The van der Waals surface area contributed by atoms with Crippen LogP contribution >= 0.6 is 12.2 Å². The van der Waals surface area contributed by atoms with Crippen LogP contribution < -0.4 is 0 Å². The average molecular weight is 234 g/mol. The molecule has 1 fully saturated rings. The first-order valence-corrected chi connectivity index (χ1v) is 6.63. The molecule has 0 aliphatic heterocycles. The first kappa shape index (κ1) is 10.3. The van der Waals surface area contributed by atoms with Gasteiger partial charge in [-0.2, -0.15) is 0 Å². The Morgan fingerprint density at radius 2 is 2.19 bits per heavy atom. The van der Waals surface area contributed by atoms with Gasteiger partial charge in [-0.25, -0.2) is 0 Å². The first-order valence-electron chi connectivity index (χ1n) is 6.23. The van der Waals surface area contributed by atoms with E-state index in [0.29, 0.717) is 4.77 Å². The summed E-state index contributed by atoms with van der Waals surface area (Å²) in [4.78, 5) is 5.73. The molecule has 86 valence electrons. The number of allylic oxidation sites excluding steroid dienone is 2. The Morgan fingerprint density at radius 1 is 1.31 bits per heavy atom. The molecule has 2 N–H and O–H groups in total. The Bertz CT molecular complexity index is 480. The van der Waals surface area contributed by atoms with Gasteiger partial charge in [-0.15, -0.1) is 0 Å². The standard InChI is InChI=1S/C9H12.C4H6N2S/c1-2-6-4-5-8-7(3-1)9(6)8;1-3-2-5-4(7)6-3/h6,8H,1-5H2;2H,1H3,(H2,5,6,7). The Kier molecular flexibility index (Phi) is 2.51. The van der Waals surface area contributed by atoms with Gasteiger partial charge in [0, 0.05) is 17.8 Å². The lowest BCUT2D eigenvalue weighted by molar-refractivity contribution is 0.510. The molecule has 0 bridgehead atoms. The van der Waals surface area contributed by atoms with Crippen LogP contribution in [0.15, 0.2) is 17.3 Å². The fourth-order valence-corrected chi connectivity index (χ4v) is 3.54. The van der Waals surface area contributed by atoms with Gasteiger partial charge in [0.25, 0.3) is 0 Å². The molecule has 1 heterocycles. The zero-order valence-corrected chi connectivity index (χ0v) is 10.5. The van der Waals surface area contributed by atoms with Crippen molar-refractivity contribution >= 4 is 12.2 Å². The molecule has 0 radical (unpaired) electrons. The van der Waals surface area contributed by atoms with Crippen LogP contribution in [0.4, 0.5) is 0 Å². The normalized spacial score (nSPS) is 29.6. The van der Waals surface area contributed by atoms with Crippen LogP contribution in [-0.2, 0) is 0 Å². The summed E-state index contributed by atoms with van der Waals surface area (Å²) in [5.41, 5.74) is 4.88. The van der Waals surface area contributed by atoms with Crippen molar-refractivity contribution in [1.82, 2.24) is 9.97 Å². The molecule has 0 spiro atoms. The summed E-state index contributed by atoms with van der Waals surface area (Å²) >= 11 is 4.72. The first-order chi connectivity index (χ1) is 7.75. The summed E-state index contributed by atoms with van der Waals surface area (Å²) in [6.07, 6.45) is 9.38. The molecule has 16 heavy (non-hydrogen) atoms. The Balaban J connectivity index is 0.000000106. The zero-order valence-electron chi connectivity index (χ0n) is 9.68. The van der Waals surface area contributed by atoms with Crippen LogP contribution in [0.5, 0.6) is 0 Å². The highest BCUT2D eigenvalue weighted by molar-refractivity contribution is 7.71. The van der Waals surface area contributed by atoms with E-state index in [2.05, 4.69) is 9.97 Å². The molecule has 1 saturated carbocycles. The second kappa shape index (κ2) is 3.88. The van der Waals surface area contributed by atoms with Gasteiger partial charge in [-0.3, -0.25) is 0 Å². The van der Waals surface area contributed by atoms with Crippen molar-refractivity contribution in [1.29, 1.82) is 0 Å². The second-order valence-electron chi connectivity index (χ2n) is 5.13. The molecule has 0 aromatic carbocycles. The molecular formula is C13H18N2S. The molecule has 3 aliphatic carbocycles. The third kappa shape index (κ3) is 1.77. The summed E-state index contributed by atoms with van der Waals surface area (Å²) in [5.74, 6) is 2.15. The highest BCUT2D eigenvalue weighted by Gasteiger charge is 2.47. The Morgan fingerprint density at radius 3 is 2.69 bits per heavy atom. The Hall–Kier alpha value is -0.830. The predicted molar refractivity (Wildman–Crippen MR) is 67.8 cm³/mol.